The predicted molar refractivity (Wildman–Crippen MR) is 65.4 cm³/mol. The summed E-state index contributed by atoms with van der Waals surface area (Å²) >= 11 is 6.85. The van der Waals surface area contributed by atoms with Crippen LogP contribution in [-0.4, -0.2) is 24.0 Å². The molecule has 1 atom stereocenters. The highest BCUT2D eigenvalue weighted by molar-refractivity contribution is 7.17. The van der Waals surface area contributed by atoms with Crippen molar-refractivity contribution in [1.82, 2.24) is 5.32 Å². The van der Waals surface area contributed by atoms with Crippen LogP contribution in [0.1, 0.15) is 29.4 Å². The van der Waals surface area contributed by atoms with Crippen molar-refractivity contribution in [1.29, 1.82) is 0 Å². The summed E-state index contributed by atoms with van der Waals surface area (Å²) in [4.78, 5) is 23.6. The van der Waals surface area contributed by atoms with E-state index in [1.165, 1.54) is 0 Å². The van der Waals surface area contributed by atoms with Crippen LogP contribution in [0.15, 0.2) is 12.1 Å². The summed E-state index contributed by atoms with van der Waals surface area (Å²) in [6.45, 7) is 1.56. The van der Waals surface area contributed by atoms with Crippen LogP contribution in [0, 0.1) is 0 Å². The Bertz CT molecular complexity index is 442. The number of esters is 1. The molecule has 1 saturated carbocycles. The summed E-state index contributed by atoms with van der Waals surface area (Å²) in [5, 5.41) is 2.78. The lowest BCUT2D eigenvalue weighted by Gasteiger charge is -2.12. The van der Waals surface area contributed by atoms with Crippen molar-refractivity contribution in [3.05, 3.63) is 21.3 Å². The van der Waals surface area contributed by atoms with Gasteiger partial charge in [0.2, 0.25) is 0 Å². The van der Waals surface area contributed by atoms with Crippen molar-refractivity contribution < 1.29 is 14.3 Å². The molecular formula is C11H12ClNO3S. The lowest BCUT2D eigenvalue weighted by molar-refractivity contribution is -0.129. The second kappa shape index (κ2) is 5.06. The molecule has 0 bridgehead atoms. The second-order valence-corrected chi connectivity index (χ2v) is 5.65. The highest BCUT2D eigenvalue weighted by Crippen LogP contribution is 2.22. The molecule has 1 amide bonds. The maximum Gasteiger partial charge on any atom is 0.349 e. The Morgan fingerprint density at radius 1 is 1.53 bits per heavy atom. The van der Waals surface area contributed by atoms with Crippen LogP contribution in [0.25, 0.3) is 0 Å². The van der Waals surface area contributed by atoms with Crippen LogP contribution < -0.4 is 5.32 Å². The van der Waals surface area contributed by atoms with Crippen molar-refractivity contribution in [3.63, 3.8) is 0 Å². The number of carbonyl (C=O) groups excluding carboxylic acids is 2. The number of nitrogens with one attached hydrogen (secondary N) is 1. The minimum absolute atomic E-state index is 0.247. The Kier molecular flexibility index (Phi) is 3.69. The number of hydrogen-bond donors (Lipinski definition) is 1. The van der Waals surface area contributed by atoms with E-state index >= 15 is 0 Å². The molecule has 1 fully saturated rings. The highest BCUT2D eigenvalue weighted by Gasteiger charge is 2.27. The van der Waals surface area contributed by atoms with Gasteiger partial charge in [0, 0.05) is 6.04 Å². The largest absolute Gasteiger partial charge is 0.448 e. The summed E-state index contributed by atoms with van der Waals surface area (Å²) in [5.41, 5.74) is 0. The molecule has 1 aliphatic carbocycles. The molecule has 1 N–H and O–H groups in total. The fraction of sp³-hybridized carbons (Fsp3) is 0.455. The van der Waals surface area contributed by atoms with Gasteiger partial charge in [-0.15, -0.1) is 11.3 Å². The number of rotatable bonds is 4. The molecule has 2 rings (SSSR count). The molecule has 0 saturated heterocycles. The lowest BCUT2D eigenvalue weighted by Crippen LogP contribution is -2.36. The average molecular weight is 274 g/mol. The maximum atomic E-state index is 11.6. The molecule has 0 aromatic carbocycles. The van der Waals surface area contributed by atoms with Gasteiger partial charge >= 0.3 is 5.97 Å². The van der Waals surface area contributed by atoms with Gasteiger partial charge in [-0.3, -0.25) is 4.79 Å². The molecule has 92 valence electrons. The number of hydrogen-bond acceptors (Lipinski definition) is 4. The van der Waals surface area contributed by atoms with Crippen molar-refractivity contribution in [2.24, 2.45) is 0 Å². The van der Waals surface area contributed by atoms with Crippen molar-refractivity contribution in [2.75, 3.05) is 0 Å². The van der Waals surface area contributed by atoms with Crippen molar-refractivity contribution in [2.45, 2.75) is 31.9 Å². The van der Waals surface area contributed by atoms with E-state index in [4.69, 9.17) is 16.3 Å². The van der Waals surface area contributed by atoms with Gasteiger partial charge in [0.25, 0.3) is 5.91 Å². The first-order valence-corrected chi connectivity index (χ1v) is 6.52. The molecule has 0 unspecified atom stereocenters. The van der Waals surface area contributed by atoms with Gasteiger partial charge in [-0.25, -0.2) is 4.79 Å². The van der Waals surface area contributed by atoms with E-state index in [9.17, 15) is 9.59 Å². The summed E-state index contributed by atoms with van der Waals surface area (Å²) in [7, 11) is 0. The average Bonchev–Trinajstić information content (AvgIpc) is 2.97. The predicted octanol–water partition coefficient (Wildman–Crippen LogP) is 2.23. The number of thiophene rings is 1. The van der Waals surface area contributed by atoms with Crippen molar-refractivity contribution >= 4 is 34.8 Å². The zero-order valence-corrected chi connectivity index (χ0v) is 10.8. The Labute approximate surface area is 108 Å². The van der Waals surface area contributed by atoms with E-state index in [0.717, 1.165) is 24.2 Å². The molecule has 0 spiro atoms. The Morgan fingerprint density at radius 3 is 2.76 bits per heavy atom. The molecule has 4 nitrogen and oxygen atoms in total. The monoisotopic (exact) mass is 273 g/mol. The fourth-order valence-electron chi connectivity index (χ4n) is 1.24. The number of carbonyl (C=O) groups is 2. The van der Waals surface area contributed by atoms with Gasteiger partial charge in [-0.2, -0.15) is 0 Å². The fourth-order valence-corrected chi connectivity index (χ4v) is 2.17. The summed E-state index contributed by atoms with van der Waals surface area (Å²) < 4.78 is 5.56. The Balaban J connectivity index is 1.86. The van der Waals surface area contributed by atoms with Crippen molar-refractivity contribution in [3.8, 4) is 0 Å². The zero-order chi connectivity index (χ0) is 12.4. The zero-order valence-electron chi connectivity index (χ0n) is 9.23. The smallest absolute Gasteiger partial charge is 0.349 e. The van der Waals surface area contributed by atoms with Gasteiger partial charge in [-0.1, -0.05) is 11.6 Å². The van der Waals surface area contributed by atoms with Gasteiger partial charge in [0.15, 0.2) is 6.10 Å². The van der Waals surface area contributed by atoms with Crippen LogP contribution in [0.4, 0.5) is 0 Å². The first-order chi connectivity index (χ1) is 8.06. The summed E-state index contributed by atoms with van der Waals surface area (Å²) in [6, 6.07) is 3.47. The van der Waals surface area contributed by atoms with Crippen LogP contribution >= 0.6 is 22.9 Å². The van der Waals surface area contributed by atoms with Gasteiger partial charge < -0.3 is 10.1 Å². The molecule has 17 heavy (non-hydrogen) atoms. The standard InChI is InChI=1S/C11H12ClNO3S/c1-6(10(14)13-7-2-3-7)16-11(15)8-4-5-9(12)17-8/h4-7H,2-3H2,1H3,(H,13,14)/t6-/m1/s1. The molecule has 6 heteroatoms. The number of halogens is 1. The molecule has 1 aromatic rings. The first kappa shape index (κ1) is 12.4. The molecular weight excluding hydrogens is 262 g/mol. The van der Waals surface area contributed by atoms with Gasteiger partial charge in [-0.05, 0) is 31.9 Å². The minimum Gasteiger partial charge on any atom is -0.448 e. The quantitative estimate of drug-likeness (QED) is 0.856. The third kappa shape index (κ3) is 3.44. The molecule has 0 radical (unpaired) electrons. The van der Waals surface area contributed by atoms with E-state index in [-0.39, 0.29) is 11.9 Å². The van der Waals surface area contributed by atoms with Gasteiger partial charge in [0.05, 0.1) is 4.34 Å². The lowest BCUT2D eigenvalue weighted by atomic mass is 10.3. The van der Waals surface area contributed by atoms with Crippen LogP contribution in [0.2, 0.25) is 4.34 Å². The SMILES string of the molecule is C[C@@H](OC(=O)c1ccc(Cl)s1)C(=O)NC1CC1. The summed E-state index contributed by atoms with van der Waals surface area (Å²) in [6.07, 6.45) is 1.24. The topological polar surface area (TPSA) is 55.4 Å². The number of amides is 1. The van der Waals surface area contributed by atoms with E-state index in [2.05, 4.69) is 5.32 Å². The van der Waals surface area contributed by atoms with Gasteiger partial charge in [0.1, 0.15) is 4.88 Å². The molecule has 1 aromatic heterocycles. The molecule has 0 aliphatic heterocycles. The third-order valence-corrected chi connectivity index (χ3v) is 3.56. The highest BCUT2D eigenvalue weighted by atomic mass is 35.5. The second-order valence-electron chi connectivity index (χ2n) is 3.93. The van der Waals surface area contributed by atoms with Crippen LogP contribution in [0.3, 0.4) is 0 Å². The normalized spacial score (nSPS) is 16.4. The molecule has 1 aliphatic rings. The van der Waals surface area contributed by atoms with Crippen LogP contribution in [0.5, 0.6) is 0 Å². The minimum atomic E-state index is -0.774. The van der Waals surface area contributed by atoms with Crippen LogP contribution in [-0.2, 0) is 9.53 Å². The third-order valence-electron chi connectivity index (χ3n) is 2.35. The first-order valence-electron chi connectivity index (χ1n) is 5.33. The number of ether oxygens (including phenoxy) is 1. The van der Waals surface area contributed by atoms with E-state index in [1.54, 1.807) is 19.1 Å². The Hall–Kier alpha value is -1.07. The Morgan fingerprint density at radius 2 is 2.24 bits per heavy atom. The van der Waals surface area contributed by atoms with E-state index in [0.29, 0.717) is 9.21 Å². The molecule has 1 heterocycles. The maximum absolute atomic E-state index is 11.6. The van der Waals surface area contributed by atoms with E-state index < -0.39 is 12.1 Å². The van der Waals surface area contributed by atoms with E-state index in [1.807, 2.05) is 0 Å². The summed E-state index contributed by atoms with van der Waals surface area (Å²) in [5.74, 6) is -0.760.